The molecule has 1 aromatic carbocycles. The van der Waals surface area contributed by atoms with Crippen molar-refractivity contribution in [2.75, 3.05) is 13.2 Å². The highest BCUT2D eigenvalue weighted by Crippen LogP contribution is 2.22. The van der Waals surface area contributed by atoms with Crippen molar-refractivity contribution in [1.29, 1.82) is 0 Å². The predicted octanol–water partition coefficient (Wildman–Crippen LogP) is 3.00. The summed E-state index contributed by atoms with van der Waals surface area (Å²) in [6.07, 6.45) is 0.0832. The molecule has 7 heteroatoms. The number of ether oxygens (including phenoxy) is 1. The molecule has 0 amide bonds. The van der Waals surface area contributed by atoms with E-state index in [-0.39, 0.29) is 18.1 Å². The van der Waals surface area contributed by atoms with Crippen LogP contribution in [-0.2, 0) is 23.8 Å². The van der Waals surface area contributed by atoms with Crippen LogP contribution in [0.15, 0.2) is 29.2 Å². The maximum Gasteiger partial charge on any atom is 0.333 e. The molecule has 0 spiro atoms. The highest BCUT2D eigenvalue weighted by Gasteiger charge is 2.31. The Labute approximate surface area is 143 Å². The summed E-state index contributed by atoms with van der Waals surface area (Å²) in [5, 5.41) is 9.13. The van der Waals surface area contributed by atoms with Crippen LogP contribution < -0.4 is 0 Å². The van der Waals surface area contributed by atoms with Crippen LogP contribution in [0.25, 0.3) is 0 Å². The minimum absolute atomic E-state index is 0.0345. The largest absolute Gasteiger partial charge is 0.479 e. The van der Waals surface area contributed by atoms with Gasteiger partial charge in [-0.1, -0.05) is 38.5 Å². The van der Waals surface area contributed by atoms with Crippen molar-refractivity contribution < 1.29 is 27.2 Å². The maximum absolute atomic E-state index is 12.0. The van der Waals surface area contributed by atoms with Crippen LogP contribution in [0.5, 0.6) is 0 Å². The highest BCUT2D eigenvalue weighted by molar-refractivity contribution is 7.86. The smallest absolute Gasteiger partial charge is 0.333 e. The Balaban J connectivity index is 2.36. The molecule has 0 saturated heterocycles. The molecule has 1 aromatic rings. The monoisotopic (exact) mass is 358 g/mol. The molecule has 1 atom stereocenters. The van der Waals surface area contributed by atoms with Crippen molar-refractivity contribution in [3.05, 3.63) is 29.8 Å². The summed E-state index contributed by atoms with van der Waals surface area (Å²) in [6, 6.07) is 6.44. The van der Waals surface area contributed by atoms with Crippen LogP contribution in [-0.4, -0.2) is 38.8 Å². The standard InChI is InChI=1S/C17H26O6S/c1-13-7-9-14(10-8-13)24(20,21)23-12-6-5-11-22-15(16(18)19)17(2,3)4/h7-10,15H,5-6,11-12H2,1-4H3,(H,18,19). The van der Waals surface area contributed by atoms with E-state index in [0.29, 0.717) is 12.8 Å². The molecule has 1 unspecified atom stereocenters. The average Bonchev–Trinajstić information content (AvgIpc) is 2.44. The molecule has 0 bridgehead atoms. The van der Waals surface area contributed by atoms with Gasteiger partial charge in [-0.2, -0.15) is 8.42 Å². The van der Waals surface area contributed by atoms with Gasteiger partial charge < -0.3 is 9.84 Å². The van der Waals surface area contributed by atoms with Crippen molar-refractivity contribution in [2.24, 2.45) is 5.41 Å². The topological polar surface area (TPSA) is 89.9 Å². The van der Waals surface area contributed by atoms with E-state index in [9.17, 15) is 13.2 Å². The molecule has 0 radical (unpaired) electrons. The van der Waals surface area contributed by atoms with E-state index in [1.54, 1.807) is 32.9 Å². The van der Waals surface area contributed by atoms with Gasteiger partial charge in [0, 0.05) is 6.61 Å². The minimum atomic E-state index is -3.75. The summed E-state index contributed by atoms with van der Waals surface area (Å²) in [4.78, 5) is 11.3. The van der Waals surface area contributed by atoms with E-state index >= 15 is 0 Å². The van der Waals surface area contributed by atoms with Crippen molar-refractivity contribution in [2.45, 2.75) is 51.5 Å². The lowest BCUT2D eigenvalue weighted by Gasteiger charge is -2.26. The summed E-state index contributed by atoms with van der Waals surface area (Å²) >= 11 is 0. The number of rotatable bonds is 9. The molecule has 6 nitrogen and oxygen atoms in total. The van der Waals surface area contributed by atoms with E-state index in [0.717, 1.165) is 5.56 Å². The first-order valence-corrected chi connectivity index (χ1v) is 9.25. The average molecular weight is 358 g/mol. The SMILES string of the molecule is Cc1ccc(S(=O)(=O)OCCCCOC(C(=O)O)C(C)(C)C)cc1. The fourth-order valence-electron chi connectivity index (χ4n) is 2.04. The van der Waals surface area contributed by atoms with Gasteiger partial charge >= 0.3 is 5.97 Å². The Morgan fingerprint density at radius 2 is 1.67 bits per heavy atom. The number of benzene rings is 1. The second-order valence-corrected chi connectivity index (χ2v) is 8.37. The quantitative estimate of drug-likeness (QED) is 0.539. The Kier molecular flexibility index (Phi) is 7.38. The van der Waals surface area contributed by atoms with Gasteiger partial charge in [-0.05, 0) is 37.3 Å². The summed E-state index contributed by atoms with van der Waals surface area (Å²) < 4.78 is 34.3. The molecule has 24 heavy (non-hydrogen) atoms. The van der Waals surface area contributed by atoms with Gasteiger partial charge in [0.05, 0.1) is 11.5 Å². The molecule has 1 rings (SSSR count). The van der Waals surface area contributed by atoms with Crippen molar-refractivity contribution in [1.82, 2.24) is 0 Å². The first kappa shape index (κ1) is 20.6. The second-order valence-electron chi connectivity index (χ2n) is 6.75. The second kappa shape index (κ2) is 8.60. The van der Waals surface area contributed by atoms with Crippen molar-refractivity contribution in [3.8, 4) is 0 Å². The number of hydrogen-bond donors (Lipinski definition) is 1. The van der Waals surface area contributed by atoms with Crippen LogP contribution in [0.3, 0.4) is 0 Å². The van der Waals surface area contributed by atoms with Crippen LogP contribution in [0, 0.1) is 12.3 Å². The number of carboxylic acids is 1. The van der Waals surface area contributed by atoms with Crippen LogP contribution in [0.4, 0.5) is 0 Å². The third-order valence-electron chi connectivity index (χ3n) is 3.38. The summed E-state index contributed by atoms with van der Waals surface area (Å²) in [6.45, 7) is 7.53. The number of unbranched alkanes of at least 4 members (excludes halogenated alkanes) is 1. The molecule has 0 aliphatic carbocycles. The predicted molar refractivity (Wildman–Crippen MR) is 90.4 cm³/mol. The molecule has 0 aliphatic rings. The Bertz CT molecular complexity index is 628. The van der Waals surface area contributed by atoms with E-state index in [4.69, 9.17) is 14.0 Å². The summed E-state index contributed by atoms with van der Waals surface area (Å²) in [5.41, 5.74) is 0.467. The van der Waals surface area contributed by atoms with Gasteiger partial charge in [0.1, 0.15) is 0 Å². The number of hydrogen-bond acceptors (Lipinski definition) is 5. The van der Waals surface area contributed by atoms with Gasteiger partial charge in [-0.15, -0.1) is 0 Å². The van der Waals surface area contributed by atoms with E-state index < -0.39 is 27.6 Å². The number of carbonyl (C=O) groups is 1. The fourth-order valence-corrected chi connectivity index (χ4v) is 2.98. The van der Waals surface area contributed by atoms with Crippen molar-refractivity contribution in [3.63, 3.8) is 0 Å². The third kappa shape index (κ3) is 6.59. The number of aryl methyl sites for hydroxylation is 1. The number of carboxylic acid groups (broad SMARTS) is 1. The van der Waals surface area contributed by atoms with Gasteiger partial charge in [-0.25, -0.2) is 4.79 Å². The Morgan fingerprint density at radius 1 is 1.12 bits per heavy atom. The zero-order chi connectivity index (χ0) is 18.4. The Hall–Kier alpha value is -1.44. The van der Waals surface area contributed by atoms with Crippen LogP contribution >= 0.6 is 0 Å². The van der Waals surface area contributed by atoms with Gasteiger partial charge in [-0.3, -0.25) is 4.18 Å². The van der Waals surface area contributed by atoms with Crippen LogP contribution in [0.1, 0.15) is 39.2 Å². The zero-order valence-electron chi connectivity index (χ0n) is 14.6. The van der Waals surface area contributed by atoms with E-state index in [1.807, 2.05) is 6.92 Å². The molecule has 0 heterocycles. The highest BCUT2D eigenvalue weighted by atomic mass is 32.2. The molecule has 0 aromatic heterocycles. The fraction of sp³-hybridized carbons (Fsp3) is 0.588. The lowest BCUT2D eigenvalue weighted by atomic mass is 9.89. The summed E-state index contributed by atoms with van der Waals surface area (Å²) in [5.74, 6) is -0.999. The number of aliphatic carboxylic acids is 1. The van der Waals surface area contributed by atoms with Crippen LogP contribution in [0.2, 0.25) is 0 Å². The van der Waals surface area contributed by atoms with E-state index in [2.05, 4.69) is 0 Å². The van der Waals surface area contributed by atoms with E-state index in [1.165, 1.54) is 12.1 Å². The molecular weight excluding hydrogens is 332 g/mol. The maximum atomic E-state index is 12.0. The lowest BCUT2D eigenvalue weighted by Crippen LogP contribution is -2.37. The summed E-state index contributed by atoms with van der Waals surface area (Å²) in [7, 11) is -3.75. The third-order valence-corrected chi connectivity index (χ3v) is 4.71. The molecule has 0 aliphatic heterocycles. The zero-order valence-corrected chi connectivity index (χ0v) is 15.4. The van der Waals surface area contributed by atoms with Gasteiger partial charge in [0.2, 0.25) is 0 Å². The molecule has 136 valence electrons. The first-order chi connectivity index (χ1) is 11.0. The first-order valence-electron chi connectivity index (χ1n) is 7.84. The lowest BCUT2D eigenvalue weighted by molar-refractivity contribution is -0.158. The molecule has 0 fully saturated rings. The normalized spacial score (nSPS) is 13.7. The Morgan fingerprint density at radius 3 is 2.17 bits per heavy atom. The molecule has 0 saturated carbocycles. The molecular formula is C17H26O6S. The molecule has 1 N–H and O–H groups in total. The van der Waals surface area contributed by atoms with Gasteiger partial charge in [0.25, 0.3) is 10.1 Å². The van der Waals surface area contributed by atoms with Crippen molar-refractivity contribution >= 4 is 16.1 Å². The minimum Gasteiger partial charge on any atom is -0.479 e. The van der Waals surface area contributed by atoms with Gasteiger partial charge in [0.15, 0.2) is 6.10 Å².